The van der Waals surface area contributed by atoms with Gasteiger partial charge in [0.05, 0.1) is 18.7 Å². The minimum Gasteiger partial charge on any atom is -0.479 e. The molecule has 1 atom stereocenters. The molecule has 2 aliphatic heterocycles. The Kier molecular flexibility index (Phi) is 3.70. The number of hydrogen-bond donors (Lipinski definition) is 1. The average molecular weight is 340 g/mol. The second kappa shape index (κ2) is 5.08. The number of ether oxygens (including phenoxy) is 1. The Morgan fingerprint density at radius 3 is 2.32 bits per heavy atom. The Hall–Kier alpha value is -0.840. The molecule has 0 aromatic carbocycles. The lowest BCUT2D eigenvalue weighted by Gasteiger charge is -2.50. The molecule has 1 spiro atoms. The van der Waals surface area contributed by atoms with Gasteiger partial charge >= 0.3 is 5.97 Å². The summed E-state index contributed by atoms with van der Waals surface area (Å²) in [6, 6.07) is 0. The summed E-state index contributed by atoms with van der Waals surface area (Å²) in [6.45, 7) is -1.42. The van der Waals surface area contributed by atoms with E-state index in [4.69, 9.17) is 9.84 Å². The van der Waals surface area contributed by atoms with Gasteiger partial charge in [-0.1, -0.05) is 0 Å². The lowest BCUT2D eigenvalue weighted by molar-refractivity contribution is -0.196. The molecule has 3 aliphatic rings. The van der Waals surface area contributed by atoms with E-state index in [1.807, 2.05) is 0 Å². The van der Waals surface area contributed by atoms with E-state index in [0.29, 0.717) is 12.8 Å². The smallest absolute Gasteiger partial charge is 0.334 e. The molecule has 10 heteroatoms. The number of aliphatic carboxylic acids is 1. The molecule has 0 bridgehead atoms. The first-order chi connectivity index (χ1) is 10.1. The van der Waals surface area contributed by atoms with Gasteiger partial charge < -0.3 is 9.84 Å². The maximum atomic E-state index is 13.3. The van der Waals surface area contributed by atoms with Crippen LogP contribution in [0.1, 0.15) is 25.7 Å². The van der Waals surface area contributed by atoms with Crippen molar-refractivity contribution in [2.45, 2.75) is 43.3 Å². The van der Waals surface area contributed by atoms with E-state index in [1.54, 1.807) is 0 Å². The number of carboxylic acids is 1. The Bertz CT molecular complexity index is 578. The van der Waals surface area contributed by atoms with Crippen LogP contribution in [-0.4, -0.2) is 71.9 Å². The molecular weight excluding hydrogens is 322 g/mol. The maximum Gasteiger partial charge on any atom is 0.334 e. The topological polar surface area (TPSA) is 87.2 Å². The predicted octanol–water partition coefficient (Wildman–Crippen LogP) is 0.280. The zero-order valence-electron chi connectivity index (χ0n) is 11.9. The predicted molar refractivity (Wildman–Crippen MR) is 70.7 cm³/mol. The van der Waals surface area contributed by atoms with Gasteiger partial charge in [0.1, 0.15) is 0 Å². The number of hydrogen-bond acceptors (Lipinski definition) is 4. The highest BCUT2D eigenvalue weighted by molar-refractivity contribution is 7.86. The lowest BCUT2D eigenvalue weighted by atomic mass is 9.79. The van der Waals surface area contributed by atoms with E-state index in [9.17, 15) is 22.0 Å². The SMILES string of the molecule is O=C(O)C1CN(S(=O)(=O)N2CCC(F)(F)C2)CC2(CCC2)O1. The van der Waals surface area contributed by atoms with E-state index >= 15 is 0 Å². The van der Waals surface area contributed by atoms with Crippen molar-refractivity contribution in [3.63, 3.8) is 0 Å². The number of alkyl halides is 2. The van der Waals surface area contributed by atoms with Gasteiger partial charge in [-0.25, -0.2) is 13.6 Å². The zero-order chi connectivity index (χ0) is 16.2. The Labute approximate surface area is 127 Å². The van der Waals surface area contributed by atoms with Gasteiger partial charge in [0.2, 0.25) is 0 Å². The van der Waals surface area contributed by atoms with Gasteiger partial charge in [-0.15, -0.1) is 0 Å². The molecule has 3 rings (SSSR count). The monoisotopic (exact) mass is 340 g/mol. The number of nitrogens with zero attached hydrogens (tertiary/aromatic N) is 2. The molecule has 0 aromatic rings. The maximum absolute atomic E-state index is 13.3. The van der Waals surface area contributed by atoms with Gasteiger partial charge in [0.15, 0.2) is 6.10 Å². The Morgan fingerprint density at radius 1 is 1.18 bits per heavy atom. The van der Waals surface area contributed by atoms with Crippen molar-refractivity contribution in [1.29, 1.82) is 0 Å². The fraction of sp³-hybridized carbons (Fsp3) is 0.917. The largest absolute Gasteiger partial charge is 0.479 e. The minimum atomic E-state index is -4.10. The summed E-state index contributed by atoms with van der Waals surface area (Å²) in [5.41, 5.74) is -0.781. The van der Waals surface area contributed by atoms with E-state index < -0.39 is 46.8 Å². The molecule has 1 aliphatic carbocycles. The van der Waals surface area contributed by atoms with E-state index in [-0.39, 0.29) is 19.6 Å². The van der Waals surface area contributed by atoms with Crippen LogP contribution in [0.5, 0.6) is 0 Å². The first-order valence-corrected chi connectivity index (χ1v) is 8.57. The fourth-order valence-electron chi connectivity index (χ4n) is 3.16. The fourth-order valence-corrected chi connectivity index (χ4v) is 4.89. The summed E-state index contributed by atoms with van der Waals surface area (Å²) < 4.78 is 58.9. The third-order valence-corrected chi connectivity index (χ3v) is 6.45. The van der Waals surface area contributed by atoms with E-state index in [0.717, 1.165) is 15.0 Å². The van der Waals surface area contributed by atoms with Crippen LogP contribution < -0.4 is 0 Å². The zero-order valence-corrected chi connectivity index (χ0v) is 12.7. The summed E-state index contributed by atoms with van der Waals surface area (Å²) in [5.74, 6) is -4.27. The van der Waals surface area contributed by atoms with Gasteiger partial charge in [-0.3, -0.25) is 0 Å². The van der Waals surface area contributed by atoms with E-state index in [2.05, 4.69) is 0 Å². The Morgan fingerprint density at radius 2 is 1.86 bits per heavy atom. The molecule has 2 heterocycles. The molecule has 0 radical (unpaired) electrons. The summed E-state index contributed by atoms with van der Waals surface area (Å²) in [6.07, 6.45) is 0.233. The van der Waals surface area contributed by atoms with Gasteiger partial charge in [-0.05, 0) is 19.3 Å². The molecule has 1 saturated carbocycles. The third kappa shape index (κ3) is 2.72. The molecule has 22 heavy (non-hydrogen) atoms. The number of carbonyl (C=O) groups is 1. The van der Waals surface area contributed by atoms with Crippen LogP contribution in [0.15, 0.2) is 0 Å². The van der Waals surface area contributed by atoms with Crippen LogP contribution in [0, 0.1) is 0 Å². The van der Waals surface area contributed by atoms with Crippen LogP contribution in [0.2, 0.25) is 0 Å². The number of morpholine rings is 1. The Balaban J connectivity index is 1.81. The van der Waals surface area contributed by atoms with Crippen LogP contribution in [0.25, 0.3) is 0 Å². The quantitative estimate of drug-likeness (QED) is 0.797. The van der Waals surface area contributed by atoms with Crippen LogP contribution >= 0.6 is 0 Å². The summed E-state index contributed by atoms with van der Waals surface area (Å²) in [4.78, 5) is 11.2. The highest BCUT2D eigenvalue weighted by Gasteiger charge is 2.52. The summed E-state index contributed by atoms with van der Waals surface area (Å²) >= 11 is 0. The van der Waals surface area contributed by atoms with Crippen molar-refractivity contribution in [3.05, 3.63) is 0 Å². The molecule has 3 fully saturated rings. The van der Waals surface area contributed by atoms with Crippen molar-refractivity contribution < 1.29 is 31.8 Å². The number of carboxylic acid groups (broad SMARTS) is 1. The van der Waals surface area contributed by atoms with Crippen molar-refractivity contribution in [2.75, 3.05) is 26.2 Å². The molecule has 0 aromatic heterocycles. The van der Waals surface area contributed by atoms with Crippen molar-refractivity contribution in [3.8, 4) is 0 Å². The van der Waals surface area contributed by atoms with Gasteiger partial charge in [0, 0.05) is 19.5 Å². The summed E-state index contributed by atoms with van der Waals surface area (Å²) in [7, 11) is -4.10. The second-order valence-corrected chi connectivity index (χ2v) is 8.15. The molecule has 126 valence electrons. The van der Waals surface area contributed by atoms with Crippen LogP contribution in [0.3, 0.4) is 0 Å². The molecule has 1 N–H and O–H groups in total. The first kappa shape index (κ1) is 16.0. The average Bonchev–Trinajstić information content (AvgIpc) is 2.77. The molecule has 7 nitrogen and oxygen atoms in total. The molecular formula is C12H18F2N2O5S. The summed E-state index contributed by atoms with van der Waals surface area (Å²) in [5, 5.41) is 9.14. The van der Waals surface area contributed by atoms with Crippen molar-refractivity contribution in [2.24, 2.45) is 0 Å². The second-order valence-electron chi connectivity index (χ2n) is 6.22. The normalized spacial score (nSPS) is 32.0. The van der Waals surface area contributed by atoms with Crippen molar-refractivity contribution >= 4 is 16.2 Å². The van der Waals surface area contributed by atoms with Gasteiger partial charge in [-0.2, -0.15) is 17.0 Å². The minimum absolute atomic E-state index is 0.0290. The molecule has 0 amide bonds. The third-order valence-electron chi connectivity index (χ3n) is 4.55. The lowest BCUT2D eigenvalue weighted by Crippen LogP contribution is -2.63. The van der Waals surface area contributed by atoms with Crippen LogP contribution in [0.4, 0.5) is 8.78 Å². The standard InChI is InChI=1S/C12H18F2N2O5S/c13-12(14)4-5-15(8-12)22(19,20)16-6-9(10(17)18)21-11(7-16)2-1-3-11/h9H,1-8H2,(H,17,18). The molecule has 1 unspecified atom stereocenters. The van der Waals surface area contributed by atoms with Gasteiger partial charge in [0.25, 0.3) is 16.1 Å². The first-order valence-electron chi connectivity index (χ1n) is 7.17. The van der Waals surface area contributed by atoms with Crippen molar-refractivity contribution in [1.82, 2.24) is 8.61 Å². The highest BCUT2D eigenvalue weighted by Crippen LogP contribution is 2.41. The number of rotatable bonds is 3. The molecule has 2 saturated heterocycles. The van der Waals surface area contributed by atoms with Crippen LogP contribution in [-0.2, 0) is 19.7 Å². The van der Waals surface area contributed by atoms with E-state index in [1.165, 1.54) is 0 Å². The number of halogens is 2. The highest BCUT2D eigenvalue weighted by atomic mass is 32.2.